The number of rotatable bonds is 14. The van der Waals surface area contributed by atoms with Crippen molar-refractivity contribution in [2.75, 3.05) is 32.6 Å². The molecule has 1 N–H and O–H groups in total. The van der Waals surface area contributed by atoms with Gasteiger partial charge in [-0.15, -0.1) is 0 Å². The molecule has 0 aliphatic carbocycles. The number of carbonyl (C=O) groups is 2. The maximum absolute atomic E-state index is 13.6. The van der Waals surface area contributed by atoms with Crippen LogP contribution in [0, 0.1) is 5.41 Å². The van der Waals surface area contributed by atoms with E-state index in [-0.39, 0.29) is 36.0 Å². The number of para-hydroxylation sites is 1. The Kier molecular flexibility index (Phi) is 10.7. The first-order valence-corrected chi connectivity index (χ1v) is 14.0. The molecule has 0 spiro atoms. The van der Waals surface area contributed by atoms with Gasteiger partial charge in [-0.05, 0) is 58.0 Å². The second-order valence-electron chi connectivity index (χ2n) is 10.8. The van der Waals surface area contributed by atoms with Crippen LogP contribution in [0.25, 0.3) is 5.69 Å². The highest BCUT2D eigenvalue weighted by Gasteiger charge is 2.27. The molecule has 0 unspecified atom stereocenters. The smallest absolute Gasteiger partial charge is 0.295 e. The summed E-state index contributed by atoms with van der Waals surface area (Å²) in [7, 11) is 3.95. The average molecular weight is 570 g/mol. The van der Waals surface area contributed by atoms with Crippen LogP contribution in [0.4, 0.5) is 5.69 Å². The molecule has 10 heteroatoms. The van der Waals surface area contributed by atoms with Crippen molar-refractivity contribution in [3.8, 4) is 11.6 Å². The topological polar surface area (TPSA) is 98.5 Å². The van der Waals surface area contributed by atoms with Gasteiger partial charge in [-0.1, -0.05) is 43.6 Å². The SMILES string of the molecule is CCOc1ncc(Cl)cc1C(=O)CCC(C)(C)CC(=O)Nc1c(CCN(C)C)n(CC)n(-c2ccccc2)c1=O. The van der Waals surface area contributed by atoms with Crippen LogP contribution in [0.1, 0.15) is 63.0 Å². The third-order valence-electron chi connectivity index (χ3n) is 6.68. The number of ether oxygens (including phenoxy) is 1. The van der Waals surface area contributed by atoms with Gasteiger partial charge < -0.3 is 15.0 Å². The molecule has 216 valence electrons. The van der Waals surface area contributed by atoms with Crippen LogP contribution in [0.3, 0.4) is 0 Å². The molecule has 3 rings (SSSR count). The van der Waals surface area contributed by atoms with Crippen molar-refractivity contribution in [1.82, 2.24) is 19.2 Å². The predicted molar refractivity (Wildman–Crippen MR) is 159 cm³/mol. The van der Waals surface area contributed by atoms with Gasteiger partial charge in [0.1, 0.15) is 5.69 Å². The summed E-state index contributed by atoms with van der Waals surface area (Å²) >= 11 is 6.07. The second kappa shape index (κ2) is 13.8. The molecule has 3 aromatic rings. The summed E-state index contributed by atoms with van der Waals surface area (Å²) in [5, 5.41) is 3.29. The number of likely N-dealkylation sites (N-methyl/N-ethyl adjacent to an activating group) is 1. The first kappa shape index (κ1) is 31.1. The molecule has 0 bridgehead atoms. The largest absolute Gasteiger partial charge is 0.477 e. The van der Waals surface area contributed by atoms with E-state index in [9.17, 15) is 14.4 Å². The monoisotopic (exact) mass is 569 g/mol. The van der Waals surface area contributed by atoms with Gasteiger partial charge in [-0.2, -0.15) is 0 Å². The van der Waals surface area contributed by atoms with Crippen molar-refractivity contribution in [2.24, 2.45) is 5.41 Å². The normalized spacial score (nSPS) is 11.6. The first-order valence-electron chi connectivity index (χ1n) is 13.6. The fraction of sp³-hybridized carbons (Fsp3) is 0.467. The summed E-state index contributed by atoms with van der Waals surface area (Å²) in [5.41, 5.74) is 1.39. The highest BCUT2D eigenvalue weighted by atomic mass is 35.5. The minimum atomic E-state index is -0.507. The standard InChI is InChI=1S/C30H40ClN5O4/c1-7-35-24(15-17-34(5)6)27(29(39)36(35)22-12-10-9-11-13-22)33-26(38)19-30(3,4)16-14-25(37)23-18-21(31)20-32-28(23)40-8-2/h9-13,18,20H,7-8,14-17,19H2,1-6H3,(H,33,38). The number of pyridine rings is 1. The molecular weight excluding hydrogens is 530 g/mol. The zero-order valence-electron chi connectivity index (χ0n) is 24.3. The molecule has 2 heterocycles. The van der Waals surface area contributed by atoms with Crippen molar-refractivity contribution in [3.05, 3.63) is 69.2 Å². The van der Waals surface area contributed by atoms with Gasteiger partial charge in [0.05, 0.1) is 28.6 Å². The van der Waals surface area contributed by atoms with E-state index in [1.165, 1.54) is 6.20 Å². The number of anilines is 1. The fourth-order valence-corrected chi connectivity index (χ4v) is 4.79. The number of nitrogens with one attached hydrogen (secondary N) is 1. The van der Waals surface area contributed by atoms with Gasteiger partial charge in [0.15, 0.2) is 5.78 Å². The number of amides is 1. The van der Waals surface area contributed by atoms with Gasteiger partial charge in [-0.3, -0.25) is 19.1 Å². The lowest BCUT2D eigenvalue weighted by Gasteiger charge is -2.23. The summed E-state index contributed by atoms with van der Waals surface area (Å²) in [6.45, 7) is 9.34. The Morgan fingerprint density at radius 1 is 1.15 bits per heavy atom. The zero-order valence-corrected chi connectivity index (χ0v) is 25.0. The molecule has 0 saturated heterocycles. The van der Waals surface area contributed by atoms with Gasteiger partial charge >= 0.3 is 0 Å². The van der Waals surface area contributed by atoms with E-state index < -0.39 is 5.41 Å². The predicted octanol–water partition coefficient (Wildman–Crippen LogP) is 5.23. The summed E-state index contributed by atoms with van der Waals surface area (Å²) in [5.74, 6) is -0.162. The van der Waals surface area contributed by atoms with E-state index >= 15 is 0 Å². The molecule has 0 saturated carbocycles. The number of Topliss-reactive ketones (excluding diaryl/α,β-unsaturated/α-hetero) is 1. The fourth-order valence-electron chi connectivity index (χ4n) is 4.63. The summed E-state index contributed by atoms with van der Waals surface area (Å²) in [6.07, 6.45) is 2.83. The van der Waals surface area contributed by atoms with Crippen LogP contribution in [-0.4, -0.2) is 58.2 Å². The van der Waals surface area contributed by atoms with Crippen LogP contribution in [0.5, 0.6) is 5.88 Å². The van der Waals surface area contributed by atoms with Crippen LogP contribution >= 0.6 is 11.6 Å². The van der Waals surface area contributed by atoms with Crippen molar-refractivity contribution in [3.63, 3.8) is 0 Å². The van der Waals surface area contributed by atoms with Crippen molar-refractivity contribution < 1.29 is 14.3 Å². The lowest BCUT2D eigenvalue weighted by molar-refractivity contribution is -0.118. The quantitative estimate of drug-likeness (QED) is 0.267. The van der Waals surface area contributed by atoms with Crippen molar-refractivity contribution in [2.45, 2.75) is 59.9 Å². The third-order valence-corrected chi connectivity index (χ3v) is 6.88. The number of halogens is 1. The van der Waals surface area contributed by atoms with Gasteiger partial charge in [0.2, 0.25) is 11.8 Å². The Morgan fingerprint density at radius 3 is 2.48 bits per heavy atom. The Balaban J connectivity index is 1.79. The Bertz CT molecular complexity index is 1380. The molecular formula is C30H40ClN5O4. The molecule has 9 nitrogen and oxygen atoms in total. The summed E-state index contributed by atoms with van der Waals surface area (Å²) in [4.78, 5) is 46.1. The van der Waals surface area contributed by atoms with E-state index in [0.717, 1.165) is 17.9 Å². The van der Waals surface area contributed by atoms with Crippen LogP contribution in [0.15, 0.2) is 47.4 Å². The highest BCUT2D eigenvalue weighted by molar-refractivity contribution is 6.30. The van der Waals surface area contributed by atoms with E-state index in [1.807, 2.05) is 81.7 Å². The Hall–Kier alpha value is -3.43. The Morgan fingerprint density at radius 2 is 1.85 bits per heavy atom. The number of ketones is 1. The summed E-state index contributed by atoms with van der Waals surface area (Å²) in [6, 6.07) is 11.0. The molecule has 0 fully saturated rings. The molecule has 0 aliphatic heterocycles. The molecule has 0 radical (unpaired) electrons. The lowest BCUT2D eigenvalue weighted by atomic mass is 9.83. The van der Waals surface area contributed by atoms with Crippen LogP contribution in [0.2, 0.25) is 5.02 Å². The molecule has 0 atom stereocenters. The number of nitrogens with zero attached hydrogens (tertiary/aromatic N) is 4. The number of benzene rings is 1. The molecule has 40 heavy (non-hydrogen) atoms. The number of carbonyl (C=O) groups excluding carboxylic acids is 2. The van der Waals surface area contributed by atoms with Gasteiger partial charge in [-0.25, -0.2) is 9.67 Å². The number of hydrogen-bond donors (Lipinski definition) is 1. The maximum atomic E-state index is 13.6. The average Bonchev–Trinajstić information content (AvgIpc) is 3.17. The second-order valence-corrected chi connectivity index (χ2v) is 11.2. The minimum Gasteiger partial charge on any atom is -0.477 e. The number of hydrogen-bond acceptors (Lipinski definition) is 6. The van der Waals surface area contributed by atoms with E-state index in [0.29, 0.717) is 42.3 Å². The minimum absolute atomic E-state index is 0.140. The Labute approximate surface area is 241 Å². The van der Waals surface area contributed by atoms with E-state index in [1.54, 1.807) is 10.7 Å². The maximum Gasteiger partial charge on any atom is 0.295 e. The lowest BCUT2D eigenvalue weighted by Crippen LogP contribution is -2.27. The molecule has 1 amide bonds. The molecule has 1 aromatic carbocycles. The third kappa shape index (κ3) is 7.82. The van der Waals surface area contributed by atoms with Crippen LogP contribution in [-0.2, 0) is 17.8 Å². The van der Waals surface area contributed by atoms with Gasteiger partial charge in [0, 0.05) is 38.5 Å². The van der Waals surface area contributed by atoms with Crippen molar-refractivity contribution >= 4 is 29.0 Å². The number of aromatic nitrogens is 3. The van der Waals surface area contributed by atoms with Crippen LogP contribution < -0.4 is 15.6 Å². The van der Waals surface area contributed by atoms with Gasteiger partial charge in [0.25, 0.3) is 5.56 Å². The van der Waals surface area contributed by atoms with Crippen molar-refractivity contribution in [1.29, 1.82) is 0 Å². The molecule has 0 aliphatic rings. The summed E-state index contributed by atoms with van der Waals surface area (Å²) < 4.78 is 9.05. The first-order chi connectivity index (χ1) is 19.0. The van der Waals surface area contributed by atoms with E-state index in [4.69, 9.17) is 16.3 Å². The zero-order chi connectivity index (χ0) is 29.4. The highest BCUT2D eigenvalue weighted by Crippen LogP contribution is 2.30. The molecule has 2 aromatic heterocycles. The van der Waals surface area contributed by atoms with E-state index in [2.05, 4.69) is 10.3 Å².